The number of nitrogens with one attached hydrogen (secondary N) is 2. The van der Waals surface area contributed by atoms with Gasteiger partial charge in [-0.15, -0.1) is 11.8 Å². The molecule has 9 heteroatoms. The molecule has 8 atom stereocenters. The van der Waals surface area contributed by atoms with Gasteiger partial charge >= 0.3 is 0 Å². The molecule has 234 valence electrons. The van der Waals surface area contributed by atoms with Gasteiger partial charge in [-0.1, -0.05) is 51.8 Å². The van der Waals surface area contributed by atoms with Crippen LogP contribution in [0.25, 0.3) is 0 Å². The number of ether oxygens (including phenoxy) is 1. The lowest BCUT2D eigenvalue weighted by molar-refractivity contribution is -0.141. The van der Waals surface area contributed by atoms with Crippen molar-refractivity contribution in [3.63, 3.8) is 0 Å². The molecule has 1 saturated carbocycles. The molecular weight excluding hydrogens is 560 g/mol. The van der Waals surface area contributed by atoms with Crippen molar-refractivity contribution in [2.24, 2.45) is 29.6 Å². The Labute approximate surface area is 260 Å². The van der Waals surface area contributed by atoms with Crippen molar-refractivity contribution in [3.05, 3.63) is 36.4 Å². The zero-order chi connectivity index (χ0) is 30.3. The Kier molecular flexibility index (Phi) is 8.96. The molecule has 3 amide bonds. The lowest BCUT2D eigenvalue weighted by atomic mass is 9.73. The summed E-state index contributed by atoms with van der Waals surface area (Å²) in [6.45, 7) is 10.3. The van der Waals surface area contributed by atoms with Crippen LogP contribution in [0.1, 0.15) is 59.3 Å². The van der Waals surface area contributed by atoms with Crippen molar-refractivity contribution in [1.82, 2.24) is 15.1 Å². The first kappa shape index (κ1) is 30.7. The van der Waals surface area contributed by atoms with Crippen molar-refractivity contribution < 1.29 is 19.1 Å². The van der Waals surface area contributed by atoms with E-state index in [0.29, 0.717) is 24.1 Å². The molecule has 1 aliphatic carbocycles. The van der Waals surface area contributed by atoms with Crippen molar-refractivity contribution in [3.8, 4) is 0 Å². The third-order valence-corrected chi connectivity index (χ3v) is 11.8. The summed E-state index contributed by atoms with van der Waals surface area (Å²) in [4.78, 5) is 47.7. The highest BCUT2D eigenvalue weighted by atomic mass is 32.2. The number of nitrogens with zero attached hydrogens (tertiary/aromatic N) is 2. The number of piperidine rings is 1. The van der Waals surface area contributed by atoms with Gasteiger partial charge in [-0.25, -0.2) is 0 Å². The molecule has 43 heavy (non-hydrogen) atoms. The van der Waals surface area contributed by atoms with Crippen LogP contribution >= 0.6 is 11.8 Å². The number of benzene rings is 1. The van der Waals surface area contributed by atoms with Gasteiger partial charge in [-0.3, -0.25) is 14.4 Å². The molecule has 2 bridgehead atoms. The Hall–Kier alpha value is -2.36. The van der Waals surface area contributed by atoms with Crippen molar-refractivity contribution in [2.45, 2.75) is 88.0 Å². The fraction of sp³-hybridized carbons (Fsp3) is 0.676. The van der Waals surface area contributed by atoms with E-state index in [0.717, 1.165) is 49.7 Å². The summed E-state index contributed by atoms with van der Waals surface area (Å²) in [7, 11) is 0. The van der Waals surface area contributed by atoms with Gasteiger partial charge in [0.15, 0.2) is 0 Å². The van der Waals surface area contributed by atoms with Gasteiger partial charge in [0.1, 0.15) is 11.6 Å². The molecule has 4 fully saturated rings. The van der Waals surface area contributed by atoms with Gasteiger partial charge in [0.25, 0.3) is 0 Å². The Bertz CT molecular complexity index is 1250. The number of rotatable bonds is 9. The highest BCUT2D eigenvalue weighted by Gasteiger charge is 2.72. The van der Waals surface area contributed by atoms with Gasteiger partial charge in [0, 0.05) is 23.2 Å². The van der Waals surface area contributed by atoms with Crippen LogP contribution in [0, 0.1) is 29.6 Å². The maximum Gasteiger partial charge on any atom is 0.246 e. The number of amides is 3. The second kappa shape index (κ2) is 12.6. The standard InChI is InChI=1S/C34H48N4O4S/c1-21-13-18-37(19-14-21)16-7-17-38-30(32(40)36-26-11-5-8-22(2)23(26)3)34-15-12-27(42-34)28(29(34)33(38)41)31(39)35-24-9-6-10-25(20-24)43-4/h6,9-10,12,15,20-23,26-30H,5,7-8,11,13-14,16-19H2,1-4H3,(H,35,39)(H,36,40)/t22?,23?,26?,27-,28?,29-,30?,34?/m1/s1. The summed E-state index contributed by atoms with van der Waals surface area (Å²) in [5.74, 6) is -0.257. The number of hydrogen-bond donors (Lipinski definition) is 2. The van der Waals surface area contributed by atoms with E-state index in [4.69, 9.17) is 4.74 Å². The third kappa shape index (κ3) is 5.77. The van der Waals surface area contributed by atoms with Crippen LogP contribution in [0.5, 0.6) is 0 Å². The van der Waals surface area contributed by atoms with Gasteiger partial charge < -0.3 is 25.2 Å². The first-order valence-electron chi connectivity index (χ1n) is 16.4. The minimum absolute atomic E-state index is 0.0735. The van der Waals surface area contributed by atoms with Crippen LogP contribution in [-0.2, 0) is 19.1 Å². The number of thioether (sulfide) groups is 1. The Morgan fingerprint density at radius 3 is 2.63 bits per heavy atom. The molecule has 0 aromatic heterocycles. The molecule has 0 radical (unpaired) electrons. The fourth-order valence-corrected chi connectivity index (χ4v) is 8.69. The van der Waals surface area contributed by atoms with E-state index in [2.05, 4.69) is 36.3 Å². The van der Waals surface area contributed by atoms with Gasteiger partial charge in [-0.2, -0.15) is 0 Å². The zero-order valence-electron chi connectivity index (χ0n) is 26.1. The minimum atomic E-state index is -1.13. The van der Waals surface area contributed by atoms with Gasteiger partial charge in [-0.05, 0) is 87.5 Å². The number of carbonyl (C=O) groups is 3. The predicted molar refractivity (Wildman–Crippen MR) is 170 cm³/mol. The summed E-state index contributed by atoms with van der Waals surface area (Å²) in [5.41, 5.74) is -0.426. The van der Waals surface area contributed by atoms with Crippen LogP contribution in [0.4, 0.5) is 5.69 Å². The smallest absolute Gasteiger partial charge is 0.246 e. The lowest BCUT2D eigenvalue weighted by Gasteiger charge is -2.38. The van der Waals surface area contributed by atoms with E-state index in [1.807, 2.05) is 42.7 Å². The second-order valence-corrected chi connectivity index (χ2v) is 14.6. The van der Waals surface area contributed by atoms with Crippen molar-refractivity contribution in [1.29, 1.82) is 0 Å². The van der Waals surface area contributed by atoms with Crippen LogP contribution < -0.4 is 10.6 Å². The molecular formula is C34H48N4O4S. The van der Waals surface area contributed by atoms with Crippen LogP contribution in [0.2, 0.25) is 0 Å². The third-order valence-electron chi connectivity index (χ3n) is 11.0. The van der Waals surface area contributed by atoms with E-state index in [-0.39, 0.29) is 23.8 Å². The molecule has 4 aliphatic heterocycles. The molecule has 3 saturated heterocycles. The monoisotopic (exact) mass is 608 g/mol. The summed E-state index contributed by atoms with van der Waals surface area (Å²) in [5, 5.41) is 6.42. The molecule has 1 aromatic carbocycles. The number of fused-ring (bicyclic) bond motifs is 1. The molecule has 8 nitrogen and oxygen atoms in total. The lowest BCUT2D eigenvalue weighted by Crippen LogP contribution is -2.58. The largest absolute Gasteiger partial charge is 0.359 e. The molecule has 5 aliphatic rings. The Morgan fingerprint density at radius 2 is 1.86 bits per heavy atom. The highest BCUT2D eigenvalue weighted by molar-refractivity contribution is 7.98. The SMILES string of the molecule is CSc1cccc(NC(=O)C2[C@H]3C=CC4(O3)C(C(=O)NC3CCCC(C)C3C)N(CCCN3CCC(C)CC3)C(=O)[C@@H]24)c1. The normalized spacial score (nSPS) is 35.8. The van der Waals surface area contributed by atoms with Crippen molar-refractivity contribution in [2.75, 3.05) is 37.8 Å². The number of carbonyl (C=O) groups excluding carboxylic acids is 3. The molecule has 2 N–H and O–H groups in total. The molecule has 6 unspecified atom stereocenters. The van der Waals surface area contributed by atoms with Crippen molar-refractivity contribution >= 4 is 35.2 Å². The maximum atomic E-state index is 14.3. The first-order chi connectivity index (χ1) is 20.7. The van der Waals surface area contributed by atoms with Crippen LogP contribution in [0.3, 0.4) is 0 Å². The average molecular weight is 609 g/mol. The number of anilines is 1. The summed E-state index contributed by atoms with van der Waals surface area (Å²) in [6, 6.07) is 7.01. The zero-order valence-corrected chi connectivity index (χ0v) is 26.9. The van der Waals surface area contributed by atoms with E-state index in [1.54, 1.807) is 16.7 Å². The summed E-state index contributed by atoms with van der Waals surface area (Å²) < 4.78 is 6.57. The molecule has 1 aromatic rings. The minimum Gasteiger partial charge on any atom is -0.359 e. The quantitative estimate of drug-likeness (QED) is 0.316. The van der Waals surface area contributed by atoms with Crippen LogP contribution in [-0.4, -0.2) is 83.7 Å². The number of hydrogen-bond acceptors (Lipinski definition) is 6. The fourth-order valence-electron chi connectivity index (χ4n) is 8.23. The van der Waals surface area contributed by atoms with E-state index in [9.17, 15) is 14.4 Å². The molecule has 6 rings (SSSR count). The first-order valence-corrected chi connectivity index (χ1v) is 17.6. The number of likely N-dealkylation sites (tertiary alicyclic amines) is 2. The highest BCUT2D eigenvalue weighted by Crippen LogP contribution is 2.55. The summed E-state index contributed by atoms with van der Waals surface area (Å²) in [6.07, 6.45) is 11.7. The average Bonchev–Trinajstić information content (AvgIpc) is 3.64. The van der Waals surface area contributed by atoms with E-state index in [1.165, 1.54) is 19.3 Å². The maximum absolute atomic E-state index is 14.3. The van der Waals surface area contributed by atoms with E-state index >= 15 is 0 Å². The van der Waals surface area contributed by atoms with Crippen LogP contribution in [0.15, 0.2) is 41.3 Å². The predicted octanol–water partition coefficient (Wildman–Crippen LogP) is 4.56. The topological polar surface area (TPSA) is 91.0 Å². The van der Waals surface area contributed by atoms with Gasteiger partial charge in [0.2, 0.25) is 17.7 Å². The summed E-state index contributed by atoms with van der Waals surface area (Å²) >= 11 is 1.61. The Balaban J connectivity index is 1.24. The van der Waals surface area contributed by atoms with E-state index < -0.39 is 29.6 Å². The molecule has 1 spiro atoms. The Morgan fingerprint density at radius 1 is 1.07 bits per heavy atom. The molecule has 4 heterocycles. The van der Waals surface area contributed by atoms with Gasteiger partial charge in [0.05, 0.1) is 17.9 Å². The second-order valence-electron chi connectivity index (χ2n) is 13.7.